The largest absolute Gasteiger partial charge is 0.306 e. The van der Waals surface area contributed by atoms with Crippen LogP contribution in [0.15, 0.2) is 36.9 Å². The van der Waals surface area contributed by atoms with Crippen LogP contribution < -0.4 is 5.32 Å². The van der Waals surface area contributed by atoms with Gasteiger partial charge in [-0.2, -0.15) is 0 Å². The van der Waals surface area contributed by atoms with Crippen molar-refractivity contribution in [2.45, 2.75) is 20.0 Å². The van der Waals surface area contributed by atoms with Gasteiger partial charge >= 0.3 is 0 Å². The van der Waals surface area contributed by atoms with Crippen molar-refractivity contribution >= 4 is 0 Å². The first-order chi connectivity index (χ1) is 7.86. The second-order valence-corrected chi connectivity index (χ2v) is 3.57. The molecule has 1 N–H and O–H groups in total. The first kappa shape index (κ1) is 10.7. The van der Waals surface area contributed by atoms with Gasteiger partial charge in [0.15, 0.2) is 0 Å². The summed E-state index contributed by atoms with van der Waals surface area (Å²) in [6, 6.07) is 3.82. The predicted octanol–water partition coefficient (Wildman–Crippen LogP) is 1.47. The fourth-order valence-electron chi connectivity index (χ4n) is 1.41. The van der Waals surface area contributed by atoms with Gasteiger partial charge in [0.25, 0.3) is 0 Å². The van der Waals surface area contributed by atoms with E-state index in [2.05, 4.69) is 27.2 Å². The molecule has 4 nitrogen and oxygen atoms in total. The van der Waals surface area contributed by atoms with E-state index in [0.717, 1.165) is 12.4 Å². The van der Waals surface area contributed by atoms with Gasteiger partial charge in [-0.25, -0.2) is 9.97 Å². The zero-order chi connectivity index (χ0) is 11.2. The average Bonchev–Trinajstić information content (AvgIpc) is 2.33. The van der Waals surface area contributed by atoms with E-state index in [9.17, 15) is 0 Å². The van der Waals surface area contributed by atoms with Crippen LogP contribution in [0, 0.1) is 6.92 Å². The molecule has 0 spiro atoms. The van der Waals surface area contributed by atoms with Gasteiger partial charge in [-0.1, -0.05) is 0 Å². The molecule has 0 aliphatic rings. The summed E-state index contributed by atoms with van der Waals surface area (Å²) in [7, 11) is 0. The Kier molecular flexibility index (Phi) is 3.56. The quantitative estimate of drug-likeness (QED) is 0.837. The molecule has 0 saturated heterocycles. The van der Waals surface area contributed by atoms with Gasteiger partial charge in [0.2, 0.25) is 0 Å². The lowest BCUT2D eigenvalue weighted by molar-refractivity contribution is 0.658. The van der Waals surface area contributed by atoms with Crippen molar-refractivity contribution in [2.24, 2.45) is 0 Å². The Morgan fingerprint density at radius 1 is 1.12 bits per heavy atom. The van der Waals surface area contributed by atoms with E-state index in [0.29, 0.717) is 6.54 Å². The van der Waals surface area contributed by atoms with Crippen molar-refractivity contribution in [3.63, 3.8) is 0 Å². The minimum Gasteiger partial charge on any atom is -0.306 e. The Bertz CT molecular complexity index is 442. The summed E-state index contributed by atoms with van der Waals surface area (Å²) in [6.07, 6.45) is 7.19. The number of nitrogens with zero attached hydrogens (tertiary/aromatic N) is 3. The number of hydrogen-bond donors (Lipinski definition) is 1. The third kappa shape index (κ3) is 2.84. The Labute approximate surface area is 94.8 Å². The molecule has 4 heteroatoms. The van der Waals surface area contributed by atoms with Crippen molar-refractivity contribution in [3.8, 4) is 0 Å². The van der Waals surface area contributed by atoms with Crippen molar-refractivity contribution < 1.29 is 0 Å². The Morgan fingerprint density at radius 2 is 1.94 bits per heavy atom. The maximum atomic E-state index is 4.14. The third-order valence-electron chi connectivity index (χ3n) is 2.37. The molecule has 2 heterocycles. The zero-order valence-corrected chi connectivity index (χ0v) is 9.22. The first-order valence-corrected chi connectivity index (χ1v) is 5.22. The molecule has 0 aliphatic heterocycles. The van der Waals surface area contributed by atoms with Crippen LogP contribution in [0.4, 0.5) is 0 Å². The minimum absolute atomic E-state index is 0.676. The van der Waals surface area contributed by atoms with Crippen LogP contribution in [0.25, 0.3) is 0 Å². The van der Waals surface area contributed by atoms with E-state index < -0.39 is 0 Å². The fraction of sp³-hybridized carbons (Fsp3) is 0.250. The summed E-state index contributed by atoms with van der Waals surface area (Å²) in [5.74, 6) is 0.809. The van der Waals surface area contributed by atoms with Gasteiger partial charge in [-0.3, -0.25) is 4.98 Å². The molecule has 2 aromatic heterocycles. The highest BCUT2D eigenvalue weighted by Gasteiger charge is 1.98. The topological polar surface area (TPSA) is 50.7 Å². The Morgan fingerprint density at radius 3 is 2.69 bits per heavy atom. The number of pyridine rings is 1. The molecule has 0 unspecified atom stereocenters. The van der Waals surface area contributed by atoms with Crippen LogP contribution in [0.2, 0.25) is 0 Å². The highest BCUT2D eigenvalue weighted by Crippen LogP contribution is 2.04. The van der Waals surface area contributed by atoms with Gasteiger partial charge in [0, 0.05) is 31.3 Å². The molecule has 0 bridgehead atoms. The molecular formula is C12H14N4. The second-order valence-electron chi connectivity index (χ2n) is 3.57. The zero-order valence-electron chi connectivity index (χ0n) is 9.22. The van der Waals surface area contributed by atoms with Gasteiger partial charge < -0.3 is 5.32 Å². The van der Waals surface area contributed by atoms with E-state index in [1.165, 1.54) is 11.1 Å². The summed E-state index contributed by atoms with van der Waals surface area (Å²) in [5, 5.41) is 3.29. The molecular weight excluding hydrogens is 200 g/mol. The molecule has 0 fully saturated rings. The lowest BCUT2D eigenvalue weighted by Gasteiger charge is -2.05. The van der Waals surface area contributed by atoms with Gasteiger partial charge in [-0.15, -0.1) is 0 Å². The van der Waals surface area contributed by atoms with Crippen LogP contribution in [0.1, 0.15) is 17.0 Å². The van der Waals surface area contributed by atoms with Crippen LogP contribution in [-0.4, -0.2) is 15.0 Å². The van der Waals surface area contributed by atoms with Gasteiger partial charge in [0.05, 0.1) is 6.54 Å². The van der Waals surface area contributed by atoms with Gasteiger partial charge in [-0.05, 0) is 30.2 Å². The number of aromatic nitrogens is 3. The normalized spacial score (nSPS) is 10.3. The molecule has 2 aromatic rings. The Balaban J connectivity index is 1.87. The summed E-state index contributed by atoms with van der Waals surface area (Å²) in [5.41, 5.74) is 2.45. The minimum atomic E-state index is 0.676. The predicted molar refractivity (Wildman–Crippen MR) is 61.5 cm³/mol. The maximum Gasteiger partial charge on any atom is 0.141 e. The SMILES string of the molecule is Cc1ccncc1CNCc1ncccn1. The maximum absolute atomic E-state index is 4.14. The van der Waals surface area contributed by atoms with Crippen molar-refractivity contribution in [3.05, 3.63) is 53.9 Å². The monoisotopic (exact) mass is 214 g/mol. The molecule has 0 saturated carbocycles. The molecule has 0 aromatic carbocycles. The molecule has 0 amide bonds. The smallest absolute Gasteiger partial charge is 0.141 e. The van der Waals surface area contributed by atoms with Crippen LogP contribution in [0.3, 0.4) is 0 Å². The molecule has 0 radical (unpaired) electrons. The lowest BCUT2D eigenvalue weighted by Crippen LogP contribution is -2.15. The molecule has 2 rings (SSSR count). The first-order valence-electron chi connectivity index (χ1n) is 5.22. The fourth-order valence-corrected chi connectivity index (χ4v) is 1.41. The van der Waals surface area contributed by atoms with Crippen molar-refractivity contribution in [1.82, 2.24) is 20.3 Å². The second kappa shape index (κ2) is 5.32. The Hall–Kier alpha value is -1.81. The molecule has 82 valence electrons. The highest BCUT2D eigenvalue weighted by molar-refractivity contribution is 5.20. The highest BCUT2D eigenvalue weighted by atomic mass is 14.9. The average molecular weight is 214 g/mol. The number of rotatable bonds is 4. The molecule has 0 atom stereocenters. The van der Waals surface area contributed by atoms with E-state index >= 15 is 0 Å². The van der Waals surface area contributed by atoms with Crippen LogP contribution in [-0.2, 0) is 13.1 Å². The standard InChI is InChI=1S/C12H14N4/c1-10-3-6-13-7-11(10)8-14-9-12-15-4-2-5-16-12/h2-7,14H,8-9H2,1H3. The molecule has 16 heavy (non-hydrogen) atoms. The van der Waals surface area contributed by atoms with E-state index in [-0.39, 0.29) is 0 Å². The third-order valence-corrected chi connectivity index (χ3v) is 2.37. The van der Waals surface area contributed by atoms with Crippen molar-refractivity contribution in [1.29, 1.82) is 0 Å². The van der Waals surface area contributed by atoms with Gasteiger partial charge in [0.1, 0.15) is 5.82 Å². The summed E-state index contributed by atoms with van der Waals surface area (Å²) < 4.78 is 0. The van der Waals surface area contributed by atoms with Crippen LogP contribution in [0.5, 0.6) is 0 Å². The summed E-state index contributed by atoms with van der Waals surface area (Å²) in [6.45, 7) is 3.55. The number of nitrogens with one attached hydrogen (secondary N) is 1. The van der Waals surface area contributed by atoms with E-state index in [4.69, 9.17) is 0 Å². The molecule has 0 aliphatic carbocycles. The number of aryl methyl sites for hydroxylation is 1. The summed E-state index contributed by atoms with van der Waals surface area (Å²) >= 11 is 0. The van der Waals surface area contributed by atoms with Crippen LogP contribution >= 0.6 is 0 Å². The summed E-state index contributed by atoms with van der Waals surface area (Å²) in [4.78, 5) is 12.4. The lowest BCUT2D eigenvalue weighted by atomic mass is 10.1. The number of hydrogen-bond acceptors (Lipinski definition) is 4. The van der Waals surface area contributed by atoms with Crippen molar-refractivity contribution in [2.75, 3.05) is 0 Å². The van der Waals surface area contributed by atoms with E-state index in [1.807, 2.05) is 18.3 Å². The van der Waals surface area contributed by atoms with E-state index in [1.54, 1.807) is 18.6 Å².